The van der Waals surface area contributed by atoms with Gasteiger partial charge in [0.05, 0.1) is 16.9 Å². The number of nitrogen functional groups attached to an aromatic ring is 2. The van der Waals surface area contributed by atoms with E-state index < -0.39 is 0 Å². The molecule has 92 valence electrons. The van der Waals surface area contributed by atoms with Crippen molar-refractivity contribution in [2.75, 3.05) is 11.5 Å². The van der Waals surface area contributed by atoms with Crippen LogP contribution in [0.3, 0.4) is 0 Å². The monoisotopic (exact) mass is 281 g/mol. The van der Waals surface area contributed by atoms with E-state index in [1.807, 2.05) is 0 Å². The number of hydrogen-bond acceptors (Lipinski definition) is 5. The van der Waals surface area contributed by atoms with Crippen LogP contribution in [0.25, 0.3) is 11.3 Å². The van der Waals surface area contributed by atoms with Gasteiger partial charge in [-0.2, -0.15) is 0 Å². The molecule has 0 aliphatic heterocycles. The molecule has 1 heterocycles. The normalized spacial score (nSPS) is 10.3. The third-order valence-electron chi connectivity index (χ3n) is 2.34. The van der Waals surface area contributed by atoms with Gasteiger partial charge in [-0.05, 0) is 12.1 Å². The Hall–Kier alpha value is -1.85. The number of rotatable bonds is 2. The second-order valence-electron chi connectivity index (χ2n) is 3.54. The number of halogens is 2. The molecule has 18 heavy (non-hydrogen) atoms. The summed E-state index contributed by atoms with van der Waals surface area (Å²) in [4.78, 5) is 8.01. The molecule has 2 rings (SSSR count). The van der Waals surface area contributed by atoms with E-state index in [2.05, 4.69) is 9.97 Å². The fourth-order valence-corrected chi connectivity index (χ4v) is 1.95. The van der Waals surface area contributed by atoms with Crippen molar-refractivity contribution in [3.63, 3.8) is 0 Å². The molecular weight excluding hydrogens is 273 g/mol. The third kappa shape index (κ3) is 2.23. The average Bonchev–Trinajstić information content (AvgIpc) is 2.32. The second kappa shape index (κ2) is 4.80. The fourth-order valence-electron chi connectivity index (χ4n) is 1.47. The van der Waals surface area contributed by atoms with Gasteiger partial charge in [-0.3, -0.25) is 0 Å². The first-order chi connectivity index (χ1) is 8.52. The number of nitrogens with one attached hydrogen (secondary N) is 1. The summed E-state index contributed by atoms with van der Waals surface area (Å²) in [5.41, 5.74) is 13.1. The number of aromatic nitrogens is 2. The molecule has 1 aromatic carbocycles. The predicted molar refractivity (Wildman–Crippen MR) is 74.2 cm³/mol. The van der Waals surface area contributed by atoms with Crippen molar-refractivity contribution < 1.29 is 0 Å². The van der Waals surface area contributed by atoms with Crippen LogP contribution in [0.5, 0.6) is 0 Å². The number of benzene rings is 1. The fraction of sp³-hybridized carbons (Fsp3) is 0. The van der Waals surface area contributed by atoms with E-state index in [1.54, 1.807) is 12.1 Å². The summed E-state index contributed by atoms with van der Waals surface area (Å²) < 4.78 is 0. The Morgan fingerprint density at radius 1 is 1.22 bits per heavy atom. The molecule has 0 aliphatic rings. The van der Waals surface area contributed by atoms with E-state index in [1.165, 1.54) is 6.20 Å². The van der Waals surface area contributed by atoms with E-state index in [9.17, 15) is 0 Å². The maximum Gasteiger partial charge on any atom is 0.157 e. The molecule has 0 unspecified atom stereocenters. The summed E-state index contributed by atoms with van der Waals surface area (Å²) in [5.74, 6) is 0.234. The lowest BCUT2D eigenvalue weighted by Gasteiger charge is -2.08. The molecule has 0 spiro atoms. The smallest absolute Gasteiger partial charge is 0.157 e. The zero-order valence-electron chi connectivity index (χ0n) is 9.11. The molecule has 5 N–H and O–H groups in total. The van der Waals surface area contributed by atoms with Crippen molar-refractivity contribution in [3.05, 3.63) is 34.1 Å². The number of hydrogen-bond donors (Lipinski definition) is 3. The van der Waals surface area contributed by atoms with Crippen LogP contribution >= 0.6 is 23.2 Å². The number of nitrogens with two attached hydrogens (primary N) is 2. The SMILES string of the molecule is N=Cc1cc(-c2ncc(N)nc2Cl)cc(Cl)c1N. The number of nitrogens with zero attached hydrogens (tertiary/aromatic N) is 2. The highest BCUT2D eigenvalue weighted by Gasteiger charge is 2.11. The molecule has 0 saturated heterocycles. The Morgan fingerprint density at radius 2 is 1.94 bits per heavy atom. The molecular formula is C11H9Cl2N5. The topological polar surface area (TPSA) is 102 Å². The summed E-state index contributed by atoms with van der Waals surface area (Å²) in [7, 11) is 0. The van der Waals surface area contributed by atoms with Crippen LogP contribution in [-0.4, -0.2) is 16.2 Å². The van der Waals surface area contributed by atoms with Crippen LogP contribution in [0, 0.1) is 5.41 Å². The van der Waals surface area contributed by atoms with Gasteiger partial charge in [0.2, 0.25) is 0 Å². The highest BCUT2D eigenvalue weighted by atomic mass is 35.5. The van der Waals surface area contributed by atoms with Crippen molar-refractivity contribution >= 4 is 40.9 Å². The van der Waals surface area contributed by atoms with Gasteiger partial charge in [-0.15, -0.1) is 0 Å². The van der Waals surface area contributed by atoms with Gasteiger partial charge in [0, 0.05) is 17.3 Å². The minimum atomic E-state index is 0.173. The lowest BCUT2D eigenvalue weighted by atomic mass is 10.1. The van der Waals surface area contributed by atoms with Crippen LogP contribution in [0.4, 0.5) is 11.5 Å². The standard InChI is InChI=1S/C11H9Cl2N5/c12-7-2-5(1-6(3-14)9(7)16)10-11(13)18-8(15)4-17-10/h1-4,14H,16H2,(H2,15,18). The van der Waals surface area contributed by atoms with Gasteiger partial charge in [-0.25, -0.2) is 9.97 Å². The van der Waals surface area contributed by atoms with Crippen LogP contribution < -0.4 is 11.5 Å². The van der Waals surface area contributed by atoms with E-state index in [4.69, 9.17) is 40.1 Å². The Bertz CT molecular complexity index is 627. The highest BCUT2D eigenvalue weighted by Crippen LogP contribution is 2.31. The summed E-state index contributed by atoms with van der Waals surface area (Å²) in [6, 6.07) is 3.29. The molecule has 0 bridgehead atoms. The zero-order valence-corrected chi connectivity index (χ0v) is 10.6. The van der Waals surface area contributed by atoms with E-state index in [-0.39, 0.29) is 11.0 Å². The molecule has 0 amide bonds. The molecule has 5 nitrogen and oxygen atoms in total. The van der Waals surface area contributed by atoms with Crippen molar-refractivity contribution in [1.82, 2.24) is 9.97 Å². The molecule has 0 aliphatic carbocycles. The Balaban J connectivity index is 2.64. The Kier molecular flexibility index (Phi) is 3.36. The Labute approximate surface area is 113 Å². The van der Waals surface area contributed by atoms with Gasteiger partial charge in [-0.1, -0.05) is 23.2 Å². The highest BCUT2D eigenvalue weighted by molar-refractivity contribution is 6.34. The van der Waals surface area contributed by atoms with E-state index in [0.717, 1.165) is 6.21 Å². The molecule has 0 fully saturated rings. The maximum absolute atomic E-state index is 7.28. The molecule has 0 radical (unpaired) electrons. The zero-order chi connectivity index (χ0) is 13.3. The molecule has 1 aromatic heterocycles. The minimum absolute atomic E-state index is 0.173. The first kappa shape index (κ1) is 12.6. The van der Waals surface area contributed by atoms with E-state index >= 15 is 0 Å². The van der Waals surface area contributed by atoms with Crippen LogP contribution in [0.15, 0.2) is 18.3 Å². The summed E-state index contributed by atoms with van der Waals surface area (Å²) >= 11 is 12.0. The predicted octanol–water partition coefficient (Wildman–Crippen LogP) is 2.61. The van der Waals surface area contributed by atoms with Crippen LogP contribution in [0.2, 0.25) is 10.2 Å². The molecule has 0 atom stereocenters. The van der Waals surface area contributed by atoms with Crippen molar-refractivity contribution in [3.8, 4) is 11.3 Å². The largest absolute Gasteiger partial charge is 0.397 e. The quantitative estimate of drug-likeness (QED) is 0.582. The van der Waals surface area contributed by atoms with Crippen molar-refractivity contribution in [2.24, 2.45) is 0 Å². The summed E-state index contributed by atoms with van der Waals surface area (Å²) in [6.45, 7) is 0. The first-order valence-corrected chi connectivity index (χ1v) is 5.66. The summed E-state index contributed by atoms with van der Waals surface area (Å²) in [5, 5.41) is 7.78. The van der Waals surface area contributed by atoms with Gasteiger partial charge >= 0.3 is 0 Å². The lowest BCUT2D eigenvalue weighted by molar-refractivity contribution is 1.21. The van der Waals surface area contributed by atoms with Crippen LogP contribution in [-0.2, 0) is 0 Å². The van der Waals surface area contributed by atoms with Gasteiger partial charge in [0.15, 0.2) is 5.15 Å². The van der Waals surface area contributed by atoms with E-state index in [0.29, 0.717) is 27.5 Å². The van der Waals surface area contributed by atoms with Gasteiger partial charge < -0.3 is 16.9 Å². The second-order valence-corrected chi connectivity index (χ2v) is 4.30. The van der Waals surface area contributed by atoms with Gasteiger partial charge in [0.1, 0.15) is 11.5 Å². The lowest BCUT2D eigenvalue weighted by Crippen LogP contribution is -1.98. The van der Waals surface area contributed by atoms with Crippen LogP contribution in [0.1, 0.15) is 5.56 Å². The van der Waals surface area contributed by atoms with Crippen molar-refractivity contribution in [1.29, 1.82) is 5.41 Å². The Morgan fingerprint density at radius 3 is 2.56 bits per heavy atom. The van der Waals surface area contributed by atoms with Gasteiger partial charge in [0.25, 0.3) is 0 Å². The van der Waals surface area contributed by atoms with Crippen molar-refractivity contribution in [2.45, 2.75) is 0 Å². The number of anilines is 2. The molecule has 7 heteroatoms. The molecule has 2 aromatic rings. The minimum Gasteiger partial charge on any atom is -0.397 e. The third-order valence-corrected chi connectivity index (χ3v) is 2.92. The summed E-state index contributed by atoms with van der Waals surface area (Å²) in [6.07, 6.45) is 2.51. The first-order valence-electron chi connectivity index (χ1n) is 4.91. The average molecular weight is 282 g/mol. The molecule has 0 saturated carbocycles. The maximum atomic E-state index is 7.28.